The number of aromatic nitrogens is 2. The number of rotatable bonds is 8. The van der Waals surface area contributed by atoms with E-state index in [1.54, 1.807) is 17.7 Å². The van der Waals surface area contributed by atoms with Gasteiger partial charge in [0.15, 0.2) is 0 Å². The summed E-state index contributed by atoms with van der Waals surface area (Å²) in [6, 6.07) is 26.7. The molecule has 0 saturated heterocycles. The van der Waals surface area contributed by atoms with Crippen molar-refractivity contribution in [2.24, 2.45) is 5.92 Å². The zero-order chi connectivity index (χ0) is 29.8. The molecule has 2 heterocycles. The van der Waals surface area contributed by atoms with Gasteiger partial charge in [0.2, 0.25) is 0 Å². The Labute approximate surface area is 249 Å². The summed E-state index contributed by atoms with van der Waals surface area (Å²) in [5.74, 6) is -0.287. The zero-order valence-electron chi connectivity index (χ0n) is 23.5. The molecule has 0 unspecified atom stereocenters. The van der Waals surface area contributed by atoms with Gasteiger partial charge in [-0.05, 0) is 66.5 Å². The largest absolute Gasteiger partial charge is 0.489 e. The number of carbonyl (C=O) groups is 2. The number of hydrogen-bond acceptors (Lipinski definition) is 5. The van der Waals surface area contributed by atoms with Crippen LogP contribution in [0.15, 0.2) is 102 Å². The van der Waals surface area contributed by atoms with Crippen molar-refractivity contribution in [2.75, 3.05) is 6.54 Å². The van der Waals surface area contributed by atoms with E-state index >= 15 is 0 Å². The number of halogens is 1. The highest BCUT2D eigenvalue weighted by molar-refractivity contribution is 6.30. The van der Waals surface area contributed by atoms with Crippen molar-refractivity contribution in [1.29, 1.82) is 5.26 Å². The molecule has 2 amide bonds. The first kappa shape index (κ1) is 28.6. The molecule has 0 aliphatic carbocycles. The molecular formula is C34H29ClN4O3. The van der Waals surface area contributed by atoms with Crippen molar-refractivity contribution >= 4 is 29.5 Å². The molecule has 5 rings (SSSR count). The second-order valence-electron chi connectivity index (χ2n) is 10.4. The van der Waals surface area contributed by atoms with Crippen LogP contribution < -0.4 is 4.74 Å². The molecule has 0 atom stereocenters. The van der Waals surface area contributed by atoms with E-state index in [2.05, 4.69) is 0 Å². The van der Waals surface area contributed by atoms with Gasteiger partial charge in [-0.2, -0.15) is 10.4 Å². The normalized spacial score (nSPS) is 14.6. The lowest BCUT2D eigenvalue weighted by Crippen LogP contribution is -2.44. The number of ether oxygens (including phenoxy) is 1. The first-order valence-electron chi connectivity index (χ1n) is 13.6. The van der Waals surface area contributed by atoms with Crippen LogP contribution in [0.3, 0.4) is 0 Å². The van der Waals surface area contributed by atoms with Crippen molar-refractivity contribution < 1.29 is 14.3 Å². The van der Waals surface area contributed by atoms with E-state index in [9.17, 15) is 14.9 Å². The summed E-state index contributed by atoms with van der Waals surface area (Å²) < 4.78 is 7.81. The highest BCUT2D eigenvalue weighted by Gasteiger charge is 2.36. The molecule has 0 N–H and O–H groups in total. The predicted molar refractivity (Wildman–Crippen MR) is 163 cm³/mol. The summed E-state index contributed by atoms with van der Waals surface area (Å²) in [5.41, 5.74) is 4.50. The number of nitrogens with zero attached hydrogens (tertiary/aromatic N) is 4. The quantitative estimate of drug-likeness (QED) is 0.166. The van der Waals surface area contributed by atoms with Gasteiger partial charge in [0.05, 0.1) is 5.69 Å². The lowest BCUT2D eigenvalue weighted by molar-refractivity contribution is -0.141. The minimum Gasteiger partial charge on any atom is -0.489 e. The molecule has 0 saturated carbocycles. The lowest BCUT2D eigenvalue weighted by atomic mass is 9.92. The average molecular weight is 577 g/mol. The van der Waals surface area contributed by atoms with E-state index in [0.29, 0.717) is 34.2 Å². The summed E-state index contributed by atoms with van der Waals surface area (Å²) in [5, 5.41) is 15.3. The molecule has 4 aromatic rings. The number of nitriles is 1. The highest BCUT2D eigenvalue weighted by atomic mass is 35.5. The lowest BCUT2D eigenvalue weighted by Gasteiger charge is -2.28. The van der Waals surface area contributed by atoms with Crippen molar-refractivity contribution in [3.63, 3.8) is 0 Å². The van der Waals surface area contributed by atoms with Crippen molar-refractivity contribution in [3.8, 4) is 28.8 Å². The molecule has 0 fully saturated rings. The predicted octanol–water partition coefficient (Wildman–Crippen LogP) is 7.02. The molecule has 1 aliphatic rings. The number of imide groups is 1. The van der Waals surface area contributed by atoms with Gasteiger partial charge in [-0.25, -0.2) is 4.68 Å². The molecule has 0 spiro atoms. The maximum absolute atomic E-state index is 13.6. The molecule has 8 heteroatoms. The van der Waals surface area contributed by atoms with Gasteiger partial charge in [0.1, 0.15) is 29.7 Å². The van der Waals surface area contributed by atoms with E-state index in [1.165, 1.54) is 0 Å². The number of hydrogen-bond donors (Lipinski definition) is 0. The molecule has 3 aromatic carbocycles. The van der Waals surface area contributed by atoms with Crippen molar-refractivity contribution in [1.82, 2.24) is 14.7 Å². The summed E-state index contributed by atoms with van der Waals surface area (Å²) in [4.78, 5) is 27.7. The van der Waals surface area contributed by atoms with Gasteiger partial charge in [-0.1, -0.05) is 67.9 Å². The highest BCUT2D eigenvalue weighted by Crippen LogP contribution is 2.32. The Morgan fingerprint density at radius 3 is 2.43 bits per heavy atom. The Kier molecular flexibility index (Phi) is 8.37. The first-order chi connectivity index (χ1) is 20.2. The molecular weight excluding hydrogens is 548 g/mol. The summed E-state index contributed by atoms with van der Waals surface area (Å²) in [6.07, 6.45) is 3.56. The number of carbonyl (C=O) groups excluding carboxylic acids is 2. The minimum atomic E-state index is -0.559. The van der Waals surface area contributed by atoms with E-state index in [4.69, 9.17) is 21.4 Å². The standard InChI is InChI=1S/C34H29ClN4O3/c1-22(2)19-38-33(40)30(23(3)31(18-36)34(38)41)17-26-20-39(28-9-5-4-6-10-28)37-32(26)25-8-7-11-29(16-25)42-21-24-12-14-27(35)15-13-24/h4-17,20,22H,19,21H2,1-3H3/b30-17+. The van der Waals surface area contributed by atoms with Gasteiger partial charge >= 0.3 is 0 Å². The van der Waals surface area contributed by atoms with Gasteiger partial charge in [-0.15, -0.1) is 0 Å². The van der Waals surface area contributed by atoms with Crippen LogP contribution in [-0.2, 0) is 16.2 Å². The Morgan fingerprint density at radius 2 is 1.74 bits per heavy atom. The van der Waals surface area contributed by atoms with Crippen LogP contribution in [0.1, 0.15) is 31.9 Å². The molecule has 7 nitrogen and oxygen atoms in total. The molecule has 210 valence electrons. The number of amides is 2. The van der Waals surface area contributed by atoms with Crippen LogP contribution in [0.4, 0.5) is 0 Å². The smallest absolute Gasteiger partial charge is 0.271 e. The van der Waals surface area contributed by atoms with Crippen molar-refractivity contribution in [2.45, 2.75) is 27.4 Å². The molecule has 42 heavy (non-hydrogen) atoms. The van der Waals surface area contributed by atoms with Crippen molar-refractivity contribution in [3.05, 3.63) is 118 Å². The van der Waals surface area contributed by atoms with Crippen LogP contribution in [0.5, 0.6) is 5.75 Å². The molecule has 1 aromatic heterocycles. The van der Waals surface area contributed by atoms with E-state index < -0.39 is 11.8 Å². The van der Waals surface area contributed by atoms with Gasteiger partial charge in [0, 0.05) is 34.5 Å². The van der Waals surface area contributed by atoms with E-state index in [0.717, 1.165) is 21.7 Å². The topological polar surface area (TPSA) is 88.2 Å². The fourth-order valence-electron chi connectivity index (χ4n) is 4.73. The Morgan fingerprint density at radius 1 is 1.00 bits per heavy atom. The van der Waals surface area contributed by atoms with Crippen LogP contribution in [0.2, 0.25) is 5.02 Å². The van der Waals surface area contributed by atoms with Crippen LogP contribution >= 0.6 is 11.6 Å². The third-order valence-corrected chi connectivity index (χ3v) is 7.11. The minimum absolute atomic E-state index is 0.0314. The SMILES string of the molecule is CC1=C(C#N)C(=O)N(CC(C)C)C(=O)/C1=C/c1cn(-c2ccccc2)nc1-c1cccc(OCc2ccc(Cl)cc2)c1. The summed E-state index contributed by atoms with van der Waals surface area (Å²) in [6.45, 7) is 6.07. The Bertz CT molecular complexity index is 1750. The fraction of sp³-hybridized carbons (Fsp3) is 0.176. The maximum atomic E-state index is 13.6. The molecule has 0 bridgehead atoms. The third kappa shape index (κ3) is 6.04. The van der Waals surface area contributed by atoms with Gasteiger partial charge in [-0.3, -0.25) is 14.5 Å². The maximum Gasteiger partial charge on any atom is 0.271 e. The number of para-hydroxylation sites is 1. The number of benzene rings is 3. The second kappa shape index (κ2) is 12.3. The summed E-state index contributed by atoms with van der Waals surface area (Å²) in [7, 11) is 0. The monoisotopic (exact) mass is 576 g/mol. The van der Waals surface area contributed by atoms with Crippen LogP contribution in [0, 0.1) is 17.2 Å². The average Bonchev–Trinajstić information content (AvgIpc) is 3.42. The molecule has 0 radical (unpaired) electrons. The second-order valence-corrected chi connectivity index (χ2v) is 10.9. The van der Waals surface area contributed by atoms with Crippen LogP contribution in [-0.4, -0.2) is 33.0 Å². The van der Waals surface area contributed by atoms with Gasteiger partial charge < -0.3 is 4.74 Å². The third-order valence-electron chi connectivity index (χ3n) is 6.86. The first-order valence-corrected chi connectivity index (χ1v) is 13.9. The van der Waals surface area contributed by atoms with Gasteiger partial charge in [0.25, 0.3) is 11.8 Å². The zero-order valence-corrected chi connectivity index (χ0v) is 24.3. The molecule has 1 aliphatic heterocycles. The Balaban J connectivity index is 1.58. The Hall–Kier alpha value is -4.93. The fourth-order valence-corrected chi connectivity index (χ4v) is 4.85. The summed E-state index contributed by atoms with van der Waals surface area (Å²) >= 11 is 6.01. The van der Waals surface area contributed by atoms with E-state index in [-0.39, 0.29) is 23.6 Å². The van der Waals surface area contributed by atoms with Crippen LogP contribution in [0.25, 0.3) is 23.0 Å². The van der Waals surface area contributed by atoms with E-state index in [1.807, 2.05) is 105 Å².